The lowest BCUT2D eigenvalue weighted by molar-refractivity contribution is 0.0783. The monoisotopic (exact) mass is 261 g/mol. The molecule has 0 spiro atoms. The van der Waals surface area contributed by atoms with Crippen LogP contribution in [0.2, 0.25) is 0 Å². The first-order valence-electron chi connectivity index (χ1n) is 6.70. The highest BCUT2D eigenvalue weighted by atomic mass is 16.5. The van der Waals surface area contributed by atoms with Gasteiger partial charge in [0.05, 0.1) is 30.3 Å². The quantitative estimate of drug-likeness (QED) is 0.868. The third kappa shape index (κ3) is 2.04. The molecule has 1 heterocycles. The van der Waals surface area contributed by atoms with E-state index in [9.17, 15) is 5.11 Å². The number of methoxy groups -OCH3 is 1. The Kier molecular flexibility index (Phi) is 3.06. The molecule has 1 aliphatic rings. The van der Waals surface area contributed by atoms with Crippen molar-refractivity contribution in [1.29, 1.82) is 0 Å². The molecular weight excluding hydrogens is 242 g/mol. The van der Waals surface area contributed by atoms with Crippen LogP contribution in [0, 0.1) is 0 Å². The van der Waals surface area contributed by atoms with Gasteiger partial charge in [-0.1, -0.05) is 12.8 Å². The zero-order valence-electron chi connectivity index (χ0n) is 11.0. The Bertz CT molecular complexity index is 594. The van der Waals surface area contributed by atoms with Crippen LogP contribution in [0.5, 0.6) is 5.75 Å². The molecule has 0 bridgehead atoms. The van der Waals surface area contributed by atoms with Crippen molar-refractivity contribution in [2.45, 2.75) is 37.8 Å². The number of aliphatic hydroxyl groups excluding tert-OH is 1. The van der Waals surface area contributed by atoms with Crippen molar-refractivity contribution >= 4 is 17.0 Å². The van der Waals surface area contributed by atoms with E-state index in [2.05, 4.69) is 4.98 Å². The Morgan fingerprint density at radius 2 is 2.16 bits per heavy atom. The van der Waals surface area contributed by atoms with Crippen LogP contribution in [-0.2, 0) is 0 Å². The Morgan fingerprint density at radius 3 is 2.89 bits per heavy atom. The summed E-state index contributed by atoms with van der Waals surface area (Å²) in [5.41, 5.74) is 7.81. The molecule has 5 nitrogen and oxygen atoms in total. The molecule has 0 aliphatic heterocycles. The first-order valence-corrected chi connectivity index (χ1v) is 6.70. The van der Waals surface area contributed by atoms with E-state index >= 15 is 0 Å². The van der Waals surface area contributed by atoms with Gasteiger partial charge in [-0.2, -0.15) is 0 Å². The fraction of sp³-hybridized carbons (Fsp3) is 0.500. The van der Waals surface area contributed by atoms with E-state index in [-0.39, 0.29) is 12.1 Å². The van der Waals surface area contributed by atoms with Crippen molar-refractivity contribution in [3.63, 3.8) is 0 Å². The van der Waals surface area contributed by atoms with E-state index in [4.69, 9.17) is 10.5 Å². The Labute approximate surface area is 112 Å². The Hall–Kier alpha value is -1.75. The molecular formula is C14H19N3O2. The van der Waals surface area contributed by atoms with Crippen LogP contribution in [0.1, 0.15) is 31.7 Å². The van der Waals surface area contributed by atoms with E-state index in [0.717, 1.165) is 42.5 Å². The second-order valence-electron chi connectivity index (χ2n) is 5.11. The number of rotatable bonds is 2. The molecule has 2 unspecified atom stereocenters. The molecule has 19 heavy (non-hydrogen) atoms. The standard InChI is InChI=1S/C14H19N3O2/c1-19-9-6-7-11-10(8-9)16-14(15)17(11)12-4-2-3-5-13(12)18/h6-8,12-13,18H,2-5H2,1H3,(H2,15,16). The number of aliphatic hydroxyl groups is 1. The number of nitrogen functional groups attached to an aromatic ring is 1. The van der Waals surface area contributed by atoms with Crippen LogP contribution in [-0.4, -0.2) is 27.9 Å². The Balaban J connectivity index is 2.09. The lowest BCUT2D eigenvalue weighted by Crippen LogP contribution is -2.28. The molecule has 0 radical (unpaired) electrons. The van der Waals surface area contributed by atoms with Crippen molar-refractivity contribution in [2.75, 3.05) is 12.8 Å². The number of nitrogens with two attached hydrogens (primary N) is 1. The maximum Gasteiger partial charge on any atom is 0.201 e. The number of hydrogen-bond donors (Lipinski definition) is 2. The summed E-state index contributed by atoms with van der Waals surface area (Å²) >= 11 is 0. The summed E-state index contributed by atoms with van der Waals surface area (Å²) in [7, 11) is 1.63. The third-order valence-electron chi connectivity index (χ3n) is 3.95. The summed E-state index contributed by atoms with van der Waals surface area (Å²) in [4.78, 5) is 4.38. The molecule has 2 aromatic rings. The van der Waals surface area contributed by atoms with Crippen LogP contribution in [0.3, 0.4) is 0 Å². The molecule has 5 heteroatoms. The fourth-order valence-electron chi connectivity index (χ4n) is 2.97. The number of benzene rings is 1. The van der Waals surface area contributed by atoms with Crippen LogP contribution in [0.25, 0.3) is 11.0 Å². The summed E-state index contributed by atoms with van der Waals surface area (Å²) in [6.07, 6.45) is 3.65. The van der Waals surface area contributed by atoms with Crippen LogP contribution in [0.4, 0.5) is 5.95 Å². The topological polar surface area (TPSA) is 73.3 Å². The van der Waals surface area contributed by atoms with Crippen molar-refractivity contribution < 1.29 is 9.84 Å². The maximum absolute atomic E-state index is 10.2. The third-order valence-corrected chi connectivity index (χ3v) is 3.95. The number of anilines is 1. The average molecular weight is 261 g/mol. The minimum atomic E-state index is -0.337. The Morgan fingerprint density at radius 1 is 1.37 bits per heavy atom. The highest BCUT2D eigenvalue weighted by Crippen LogP contribution is 2.34. The first-order chi connectivity index (χ1) is 9.20. The predicted octanol–water partition coefficient (Wildman–Crippen LogP) is 2.10. The van der Waals surface area contributed by atoms with Gasteiger partial charge in [-0.15, -0.1) is 0 Å². The summed E-state index contributed by atoms with van der Waals surface area (Å²) in [5.74, 6) is 1.23. The second kappa shape index (κ2) is 4.74. The summed E-state index contributed by atoms with van der Waals surface area (Å²) in [6, 6.07) is 5.76. The van der Waals surface area contributed by atoms with Gasteiger partial charge in [0.15, 0.2) is 0 Å². The molecule has 1 aliphatic carbocycles. The van der Waals surface area contributed by atoms with Gasteiger partial charge >= 0.3 is 0 Å². The second-order valence-corrected chi connectivity index (χ2v) is 5.11. The highest BCUT2D eigenvalue weighted by molar-refractivity contribution is 5.80. The van der Waals surface area contributed by atoms with E-state index in [1.54, 1.807) is 7.11 Å². The number of imidazole rings is 1. The number of fused-ring (bicyclic) bond motifs is 1. The summed E-state index contributed by atoms with van der Waals surface area (Å²) in [5, 5.41) is 10.2. The summed E-state index contributed by atoms with van der Waals surface area (Å²) in [6.45, 7) is 0. The van der Waals surface area contributed by atoms with Gasteiger partial charge in [0.25, 0.3) is 0 Å². The van der Waals surface area contributed by atoms with Gasteiger partial charge in [-0.05, 0) is 25.0 Å². The normalized spacial score (nSPS) is 23.7. The molecule has 0 saturated heterocycles. The molecule has 1 fully saturated rings. The highest BCUT2D eigenvalue weighted by Gasteiger charge is 2.27. The molecule has 1 aromatic heterocycles. The summed E-state index contributed by atoms with van der Waals surface area (Å²) < 4.78 is 7.17. The fourth-order valence-corrected chi connectivity index (χ4v) is 2.97. The van der Waals surface area contributed by atoms with Gasteiger partial charge in [0.1, 0.15) is 5.75 Å². The predicted molar refractivity (Wildman–Crippen MR) is 74.2 cm³/mol. The van der Waals surface area contributed by atoms with Crippen LogP contribution >= 0.6 is 0 Å². The van der Waals surface area contributed by atoms with Crippen LogP contribution in [0.15, 0.2) is 18.2 Å². The van der Waals surface area contributed by atoms with Crippen molar-refractivity contribution in [3.8, 4) is 5.75 Å². The van der Waals surface area contributed by atoms with Crippen LogP contribution < -0.4 is 10.5 Å². The molecule has 102 valence electrons. The SMILES string of the molecule is COc1ccc2c(c1)nc(N)n2C1CCCCC1O. The number of hydrogen-bond acceptors (Lipinski definition) is 4. The van der Waals surface area contributed by atoms with E-state index in [1.165, 1.54) is 0 Å². The smallest absolute Gasteiger partial charge is 0.201 e. The number of aromatic nitrogens is 2. The number of nitrogens with zero attached hydrogens (tertiary/aromatic N) is 2. The van der Waals surface area contributed by atoms with Gasteiger partial charge in [0.2, 0.25) is 5.95 Å². The average Bonchev–Trinajstić information content (AvgIpc) is 2.74. The lowest BCUT2D eigenvalue weighted by atomic mass is 9.92. The van der Waals surface area contributed by atoms with Crippen molar-refractivity contribution in [2.24, 2.45) is 0 Å². The molecule has 3 N–H and O–H groups in total. The molecule has 0 amide bonds. The maximum atomic E-state index is 10.2. The molecule has 1 saturated carbocycles. The minimum Gasteiger partial charge on any atom is -0.497 e. The molecule has 3 rings (SSSR count). The largest absolute Gasteiger partial charge is 0.497 e. The van der Waals surface area contributed by atoms with Crippen molar-refractivity contribution in [1.82, 2.24) is 9.55 Å². The number of ether oxygens (including phenoxy) is 1. The van der Waals surface area contributed by atoms with Crippen molar-refractivity contribution in [3.05, 3.63) is 18.2 Å². The van der Waals surface area contributed by atoms with E-state index in [1.807, 2.05) is 22.8 Å². The lowest BCUT2D eigenvalue weighted by Gasteiger charge is -2.29. The van der Waals surface area contributed by atoms with Gasteiger partial charge < -0.3 is 20.1 Å². The van der Waals surface area contributed by atoms with Gasteiger partial charge in [-0.25, -0.2) is 4.98 Å². The molecule has 2 atom stereocenters. The van der Waals surface area contributed by atoms with Gasteiger partial charge in [0, 0.05) is 6.07 Å². The van der Waals surface area contributed by atoms with Gasteiger partial charge in [-0.3, -0.25) is 0 Å². The van der Waals surface area contributed by atoms with E-state index in [0.29, 0.717) is 5.95 Å². The molecule has 1 aromatic carbocycles. The first kappa shape index (κ1) is 12.3. The van der Waals surface area contributed by atoms with E-state index < -0.39 is 0 Å². The minimum absolute atomic E-state index is 0.0344. The zero-order valence-corrected chi connectivity index (χ0v) is 11.0. The zero-order chi connectivity index (χ0) is 13.4.